The van der Waals surface area contributed by atoms with Gasteiger partial charge in [-0.05, 0) is 49.8 Å². The summed E-state index contributed by atoms with van der Waals surface area (Å²) in [4.78, 5) is 19.3. The molecule has 1 aliphatic rings. The minimum absolute atomic E-state index is 0. The number of nitrogens with one attached hydrogen (secondary N) is 2. The number of amides is 1. The molecule has 0 saturated carbocycles. The number of aliphatic imine (C=N–C) groups is 1. The highest BCUT2D eigenvalue weighted by molar-refractivity contribution is 14.0. The van der Waals surface area contributed by atoms with Gasteiger partial charge >= 0.3 is 0 Å². The highest BCUT2D eigenvalue weighted by Gasteiger charge is 2.23. The van der Waals surface area contributed by atoms with Crippen LogP contribution in [-0.2, 0) is 17.8 Å². The average Bonchev–Trinajstić information content (AvgIpc) is 3.25. The third-order valence-electron chi connectivity index (χ3n) is 5.85. The van der Waals surface area contributed by atoms with E-state index < -0.39 is 0 Å². The number of aromatic nitrogens is 3. The van der Waals surface area contributed by atoms with E-state index in [0.717, 1.165) is 43.8 Å². The molecule has 1 aliphatic heterocycles. The molecule has 0 aliphatic carbocycles. The van der Waals surface area contributed by atoms with Gasteiger partial charge in [-0.25, -0.2) is 4.99 Å². The van der Waals surface area contributed by atoms with Gasteiger partial charge in [-0.15, -0.1) is 34.2 Å². The molecule has 3 aromatic rings. The Labute approximate surface area is 211 Å². The molecule has 3 heterocycles. The summed E-state index contributed by atoms with van der Waals surface area (Å²) in [6.07, 6.45) is 5.12. The van der Waals surface area contributed by atoms with E-state index in [4.69, 9.17) is 0 Å². The molecular formula is C24H32IN7O. The van der Waals surface area contributed by atoms with Gasteiger partial charge in [0, 0.05) is 25.8 Å². The largest absolute Gasteiger partial charge is 0.357 e. The van der Waals surface area contributed by atoms with E-state index in [1.54, 1.807) is 0 Å². The number of rotatable bonds is 7. The summed E-state index contributed by atoms with van der Waals surface area (Å²) in [5, 5.41) is 14.7. The Morgan fingerprint density at radius 1 is 1.06 bits per heavy atom. The summed E-state index contributed by atoms with van der Waals surface area (Å²) in [5.41, 5.74) is 2.17. The van der Waals surface area contributed by atoms with Crippen molar-refractivity contribution in [3.8, 4) is 0 Å². The van der Waals surface area contributed by atoms with Crippen LogP contribution in [-0.4, -0.2) is 57.5 Å². The van der Waals surface area contributed by atoms with Crippen LogP contribution in [0.1, 0.15) is 31.2 Å². The Hall–Kier alpha value is -2.69. The molecule has 0 radical (unpaired) electrons. The fraction of sp³-hybridized carbons (Fsp3) is 0.417. The maximum atomic E-state index is 12.7. The van der Waals surface area contributed by atoms with Gasteiger partial charge in [0.25, 0.3) is 0 Å². The second-order valence-electron chi connectivity index (χ2n) is 8.11. The average molecular weight is 561 g/mol. The number of halogens is 1. The number of nitrogens with zero attached hydrogens (tertiary/aromatic N) is 5. The topological polar surface area (TPSA) is 86.9 Å². The molecular weight excluding hydrogens is 529 g/mol. The summed E-state index contributed by atoms with van der Waals surface area (Å²) in [5.74, 6) is 2.12. The Balaban J connectivity index is 0.00000306. The van der Waals surface area contributed by atoms with E-state index in [1.807, 2.05) is 40.6 Å². The lowest BCUT2D eigenvalue weighted by atomic mass is 9.90. The van der Waals surface area contributed by atoms with Gasteiger partial charge in [0.2, 0.25) is 5.91 Å². The number of likely N-dealkylation sites (tertiary alicyclic amines) is 1. The molecule has 0 spiro atoms. The van der Waals surface area contributed by atoms with Gasteiger partial charge < -0.3 is 15.5 Å². The zero-order valence-electron chi connectivity index (χ0n) is 19.0. The fourth-order valence-electron chi connectivity index (χ4n) is 4.10. The maximum absolute atomic E-state index is 12.7. The van der Waals surface area contributed by atoms with Crippen molar-refractivity contribution in [1.82, 2.24) is 30.1 Å². The summed E-state index contributed by atoms with van der Waals surface area (Å²) in [6.45, 7) is 4.96. The highest BCUT2D eigenvalue weighted by Crippen LogP contribution is 2.21. The minimum Gasteiger partial charge on any atom is -0.357 e. The molecule has 0 unspecified atom stereocenters. The van der Waals surface area contributed by atoms with Crippen molar-refractivity contribution < 1.29 is 4.79 Å². The van der Waals surface area contributed by atoms with E-state index in [0.29, 0.717) is 25.0 Å². The van der Waals surface area contributed by atoms with Gasteiger partial charge in [0.05, 0.1) is 6.54 Å². The van der Waals surface area contributed by atoms with Crippen molar-refractivity contribution in [1.29, 1.82) is 0 Å². The molecule has 2 aromatic heterocycles. The number of benzene rings is 1. The van der Waals surface area contributed by atoms with Crippen molar-refractivity contribution in [2.24, 2.45) is 10.9 Å². The molecule has 1 amide bonds. The van der Waals surface area contributed by atoms with E-state index in [1.165, 1.54) is 5.56 Å². The van der Waals surface area contributed by atoms with Crippen LogP contribution < -0.4 is 10.6 Å². The number of hydrogen-bond acceptors (Lipinski definition) is 4. The number of piperidine rings is 1. The SMILES string of the molecule is CCNC(=NCc1nnc2ccccn12)NCC(=O)N1CCC(Cc2ccccc2)CC1.I. The molecule has 0 bridgehead atoms. The van der Waals surface area contributed by atoms with Crippen molar-refractivity contribution in [2.45, 2.75) is 32.7 Å². The highest BCUT2D eigenvalue weighted by atomic mass is 127. The van der Waals surface area contributed by atoms with Crippen molar-refractivity contribution in [2.75, 3.05) is 26.2 Å². The number of pyridine rings is 1. The molecule has 9 heteroatoms. The minimum atomic E-state index is 0. The van der Waals surface area contributed by atoms with Crippen LogP contribution >= 0.6 is 24.0 Å². The third-order valence-corrected chi connectivity index (χ3v) is 5.85. The summed E-state index contributed by atoms with van der Waals surface area (Å²) in [6, 6.07) is 16.4. The number of carbonyl (C=O) groups is 1. The predicted octanol–water partition coefficient (Wildman–Crippen LogP) is 2.88. The zero-order valence-corrected chi connectivity index (χ0v) is 21.3. The molecule has 4 rings (SSSR count). The molecule has 2 N–H and O–H groups in total. The summed E-state index contributed by atoms with van der Waals surface area (Å²) in [7, 11) is 0. The number of fused-ring (bicyclic) bond motifs is 1. The van der Waals surface area contributed by atoms with Crippen LogP contribution in [0.25, 0.3) is 5.65 Å². The van der Waals surface area contributed by atoms with Gasteiger partial charge in [-0.1, -0.05) is 36.4 Å². The molecule has 8 nitrogen and oxygen atoms in total. The van der Waals surface area contributed by atoms with Gasteiger partial charge in [-0.2, -0.15) is 0 Å². The van der Waals surface area contributed by atoms with E-state index in [-0.39, 0.29) is 36.4 Å². The van der Waals surface area contributed by atoms with Crippen LogP contribution in [0.5, 0.6) is 0 Å². The van der Waals surface area contributed by atoms with Crippen molar-refractivity contribution in [3.05, 3.63) is 66.1 Å². The quantitative estimate of drug-likeness (QED) is 0.263. The lowest BCUT2D eigenvalue weighted by Crippen LogP contribution is -2.47. The van der Waals surface area contributed by atoms with E-state index >= 15 is 0 Å². The standard InChI is InChI=1S/C24H31N7O.HI/c1-2-25-24(26-17-22-29-28-21-10-6-7-13-31(21)22)27-18-23(32)30-14-11-20(12-15-30)16-19-8-4-3-5-9-19;/h3-10,13,20H,2,11-12,14-18H2,1H3,(H2,25,26,27);1H. The second kappa shape index (κ2) is 12.5. The Morgan fingerprint density at radius 2 is 1.82 bits per heavy atom. The molecule has 1 saturated heterocycles. The second-order valence-corrected chi connectivity index (χ2v) is 8.11. The monoisotopic (exact) mass is 561 g/mol. The fourth-order valence-corrected chi connectivity index (χ4v) is 4.10. The van der Waals surface area contributed by atoms with Crippen LogP contribution in [0, 0.1) is 5.92 Å². The molecule has 33 heavy (non-hydrogen) atoms. The van der Waals surface area contributed by atoms with Crippen molar-refractivity contribution >= 4 is 41.5 Å². The lowest BCUT2D eigenvalue weighted by Gasteiger charge is -2.32. The van der Waals surface area contributed by atoms with Gasteiger partial charge in [0.15, 0.2) is 17.4 Å². The Morgan fingerprint density at radius 3 is 2.58 bits per heavy atom. The Bertz CT molecular complexity index is 1050. The first-order valence-corrected chi connectivity index (χ1v) is 11.4. The third kappa shape index (κ3) is 6.89. The normalized spacial score (nSPS) is 14.7. The molecule has 0 atom stereocenters. The Kier molecular flexibility index (Phi) is 9.47. The molecule has 1 fully saturated rings. The smallest absolute Gasteiger partial charge is 0.241 e. The van der Waals surface area contributed by atoms with Crippen LogP contribution in [0.15, 0.2) is 59.7 Å². The van der Waals surface area contributed by atoms with E-state index in [9.17, 15) is 4.79 Å². The maximum Gasteiger partial charge on any atom is 0.241 e. The van der Waals surface area contributed by atoms with Crippen molar-refractivity contribution in [3.63, 3.8) is 0 Å². The number of guanidine groups is 1. The number of carbonyl (C=O) groups excluding carboxylic acids is 1. The lowest BCUT2D eigenvalue weighted by molar-refractivity contribution is -0.131. The molecule has 176 valence electrons. The van der Waals surface area contributed by atoms with Gasteiger partial charge in [-0.3, -0.25) is 9.20 Å². The number of hydrogen-bond donors (Lipinski definition) is 2. The first-order valence-electron chi connectivity index (χ1n) is 11.4. The first-order chi connectivity index (χ1) is 15.7. The predicted molar refractivity (Wildman–Crippen MR) is 141 cm³/mol. The summed E-state index contributed by atoms with van der Waals surface area (Å²) >= 11 is 0. The summed E-state index contributed by atoms with van der Waals surface area (Å²) < 4.78 is 1.91. The van der Waals surface area contributed by atoms with Crippen LogP contribution in [0.3, 0.4) is 0 Å². The zero-order chi connectivity index (χ0) is 22.2. The van der Waals surface area contributed by atoms with Crippen LogP contribution in [0.2, 0.25) is 0 Å². The first kappa shape index (κ1) is 24.9. The van der Waals surface area contributed by atoms with Crippen LogP contribution in [0.4, 0.5) is 0 Å². The molecule has 1 aromatic carbocycles. The van der Waals surface area contributed by atoms with E-state index in [2.05, 4.69) is 56.2 Å². The van der Waals surface area contributed by atoms with Gasteiger partial charge in [0.1, 0.15) is 6.54 Å².